The third-order valence-corrected chi connectivity index (χ3v) is 6.22. The molecule has 0 bridgehead atoms. The van der Waals surface area contributed by atoms with Crippen LogP contribution in [0.5, 0.6) is 0 Å². The molecule has 0 spiro atoms. The first-order chi connectivity index (χ1) is 15.3. The molecule has 1 aliphatic heterocycles. The van der Waals surface area contributed by atoms with Gasteiger partial charge in [-0.2, -0.15) is 5.26 Å². The molecule has 1 unspecified atom stereocenters. The van der Waals surface area contributed by atoms with Crippen molar-refractivity contribution in [2.75, 3.05) is 18.2 Å². The predicted octanol–water partition coefficient (Wildman–Crippen LogP) is 5.23. The van der Waals surface area contributed by atoms with E-state index in [2.05, 4.69) is 16.7 Å². The predicted molar refractivity (Wildman–Crippen MR) is 127 cm³/mol. The average molecular weight is 488 g/mol. The Morgan fingerprint density at radius 1 is 1.19 bits per heavy atom. The van der Waals surface area contributed by atoms with Gasteiger partial charge < -0.3 is 15.4 Å². The van der Waals surface area contributed by atoms with Crippen LogP contribution in [-0.2, 0) is 14.3 Å². The molecule has 0 aromatic heterocycles. The highest BCUT2D eigenvalue weighted by atomic mass is 35.5. The van der Waals surface area contributed by atoms with E-state index in [4.69, 9.17) is 27.9 Å². The molecular weight excluding hydrogens is 469 g/mol. The number of nitrogens with zero attached hydrogens (tertiary/aromatic N) is 1. The molecule has 1 aliphatic rings. The molecule has 32 heavy (non-hydrogen) atoms. The first-order valence-electron chi connectivity index (χ1n) is 9.48. The highest BCUT2D eigenvalue weighted by Gasteiger charge is 2.35. The average Bonchev–Trinajstić information content (AvgIpc) is 2.77. The largest absolute Gasteiger partial charge is 0.466 e. The van der Waals surface area contributed by atoms with E-state index in [1.807, 2.05) is 0 Å². The third kappa shape index (κ3) is 5.46. The number of nitrogens with one attached hydrogen (secondary N) is 2. The van der Waals surface area contributed by atoms with Gasteiger partial charge in [0.15, 0.2) is 0 Å². The van der Waals surface area contributed by atoms with E-state index in [0.29, 0.717) is 43.2 Å². The number of hydrogen-bond acceptors (Lipinski definition) is 6. The minimum atomic E-state index is -0.649. The molecule has 0 saturated heterocycles. The van der Waals surface area contributed by atoms with E-state index in [-0.39, 0.29) is 11.7 Å². The van der Waals surface area contributed by atoms with Crippen LogP contribution in [0.25, 0.3) is 0 Å². The Hall–Kier alpha value is -2.92. The summed E-state index contributed by atoms with van der Waals surface area (Å²) in [5, 5.41) is 17.4. The lowest BCUT2D eigenvalue weighted by molar-refractivity contribution is -0.136. The fourth-order valence-electron chi connectivity index (χ4n) is 3.30. The Balaban J connectivity index is 1.89. The molecule has 164 valence electrons. The number of halogens is 2. The number of esters is 1. The smallest absolute Gasteiger partial charge is 0.336 e. The van der Waals surface area contributed by atoms with E-state index in [1.54, 1.807) is 55.5 Å². The van der Waals surface area contributed by atoms with Crippen LogP contribution in [0, 0.1) is 11.3 Å². The topological polar surface area (TPSA) is 91.2 Å². The molecule has 0 aliphatic carbocycles. The van der Waals surface area contributed by atoms with Gasteiger partial charge in [-0.15, -0.1) is 0 Å². The first-order valence-corrected chi connectivity index (χ1v) is 11.2. The van der Waals surface area contributed by atoms with Gasteiger partial charge in [0.1, 0.15) is 0 Å². The fraction of sp³-hybridized carbons (Fsp3) is 0.174. The van der Waals surface area contributed by atoms with Crippen molar-refractivity contribution in [3.8, 4) is 6.07 Å². The van der Waals surface area contributed by atoms with Crippen LogP contribution in [0.2, 0.25) is 10.0 Å². The van der Waals surface area contributed by atoms with Crippen molar-refractivity contribution in [1.29, 1.82) is 5.26 Å². The number of dihydropyridines is 1. The zero-order valence-electron chi connectivity index (χ0n) is 17.2. The van der Waals surface area contributed by atoms with Gasteiger partial charge in [-0.05, 0) is 42.8 Å². The van der Waals surface area contributed by atoms with Crippen LogP contribution in [-0.4, -0.2) is 24.7 Å². The van der Waals surface area contributed by atoms with E-state index < -0.39 is 11.9 Å². The van der Waals surface area contributed by atoms with Crippen LogP contribution in [0.4, 0.5) is 5.69 Å². The van der Waals surface area contributed by atoms with Crippen molar-refractivity contribution in [2.24, 2.45) is 0 Å². The number of nitriles is 1. The van der Waals surface area contributed by atoms with Crippen molar-refractivity contribution in [3.05, 3.63) is 86.0 Å². The van der Waals surface area contributed by atoms with Gasteiger partial charge >= 0.3 is 5.97 Å². The summed E-state index contributed by atoms with van der Waals surface area (Å²) in [7, 11) is 1.29. The normalized spacial score (nSPS) is 15.7. The Morgan fingerprint density at radius 3 is 2.53 bits per heavy atom. The van der Waals surface area contributed by atoms with Crippen LogP contribution >= 0.6 is 35.0 Å². The number of allylic oxidation sites excluding steroid dienone is 2. The Morgan fingerprint density at radius 2 is 1.91 bits per heavy atom. The number of carbonyl (C=O) groups is 2. The van der Waals surface area contributed by atoms with Crippen LogP contribution in [0.15, 0.2) is 70.4 Å². The summed E-state index contributed by atoms with van der Waals surface area (Å²) in [5.74, 6) is -1.39. The number of hydrogen-bond donors (Lipinski definition) is 2. The standard InChI is InChI=1S/C23H19Cl2N3O3S/c1-13-20(23(30)31-2)21(14-6-8-15(24)9-7-14)18(11-26)22(27-13)32-12-19(29)28-17-5-3-4-16(25)10-17/h3-10,21,27H,12H2,1-2H3,(H,28,29). The van der Waals surface area contributed by atoms with E-state index in [1.165, 1.54) is 18.9 Å². The molecule has 2 aromatic rings. The molecule has 2 aromatic carbocycles. The molecule has 1 amide bonds. The van der Waals surface area contributed by atoms with Gasteiger partial charge in [-0.1, -0.05) is 53.2 Å². The maximum atomic E-state index is 12.5. The lowest BCUT2D eigenvalue weighted by atomic mass is 9.82. The van der Waals surface area contributed by atoms with E-state index >= 15 is 0 Å². The molecule has 2 N–H and O–H groups in total. The minimum Gasteiger partial charge on any atom is -0.466 e. The second-order valence-electron chi connectivity index (χ2n) is 6.84. The summed E-state index contributed by atoms with van der Waals surface area (Å²) in [6.07, 6.45) is 0. The zero-order valence-corrected chi connectivity index (χ0v) is 19.6. The minimum absolute atomic E-state index is 0.0498. The molecule has 1 heterocycles. The third-order valence-electron chi connectivity index (χ3n) is 4.71. The van der Waals surface area contributed by atoms with Gasteiger partial charge in [-0.3, -0.25) is 4.79 Å². The van der Waals surface area contributed by atoms with Crippen molar-refractivity contribution in [3.63, 3.8) is 0 Å². The van der Waals surface area contributed by atoms with E-state index in [0.717, 1.165) is 0 Å². The number of anilines is 1. The van der Waals surface area contributed by atoms with Gasteiger partial charge in [0, 0.05) is 21.4 Å². The summed E-state index contributed by atoms with van der Waals surface area (Å²) in [5.41, 5.74) is 2.50. The number of thioether (sulfide) groups is 1. The molecule has 0 fully saturated rings. The van der Waals surface area contributed by atoms with Gasteiger partial charge in [0.2, 0.25) is 5.91 Å². The summed E-state index contributed by atoms with van der Waals surface area (Å²) in [6, 6.07) is 16.0. The zero-order chi connectivity index (χ0) is 23.3. The monoisotopic (exact) mass is 487 g/mol. The molecular formula is C23H19Cl2N3O3S. The highest BCUT2D eigenvalue weighted by Crippen LogP contribution is 2.41. The number of carbonyl (C=O) groups excluding carboxylic acids is 2. The number of amides is 1. The summed E-state index contributed by atoms with van der Waals surface area (Å²) < 4.78 is 4.96. The Kier molecular flexibility index (Phi) is 7.86. The second-order valence-corrected chi connectivity index (χ2v) is 8.70. The van der Waals surface area contributed by atoms with Crippen LogP contribution < -0.4 is 10.6 Å². The van der Waals surface area contributed by atoms with Gasteiger partial charge in [-0.25, -0.2) is 4.79 Å². The maximum Gasteiger partial charge on any atom is 0.336 e. The Bertz CT molecular complexity index is 1150. The SMILES string of the molecule is COC(=O)C1=C(C)NC(SCC(=O)Nc2cccc(Cl)c2)=C(C#N)C1c1ccc(Cl)cc1. The van der Waals surface area contributed by atoms with Crippen molar-refractivity contribution in [1.82, 2.24) is 5.32 Å². The molecule has 6 nitrogen and oxygen atoms in total. The second kappa shape index (κ2) is 10.6. The summed E-state index contributed by atoms with van der Waals surface area (Å²) in [4.78, 5) is 25.0. The Labute approximate surface area is 200 Å². The highest BCUT2D eigenvalue weighted by molar-refractivity contribution is 8.03. The summed E-state index contributed by atoms with van der Waals surface area (Å²) >= 11 is 13.1. The van der Waals surface area contributed by atoms with Crippen molar-refractivity contribution < 1.29 is 14.3 Å². The lowest BCUT2D eigenvalue weighted by Crippen LogP contribution is -2.29. The molecule has 0 saturated carbocycles. The quantitative estimate of drug-likeness (QED) is 0.541. The van der Waals surface area contributed by atoms with Crippen LogP contribution in [0.3, 0.4) is 0 Å². The molecule has 0 radical (unpaired) electrons. The first kappa shape index (κ1) is 23.7. The van der Waals surface area contributed by atoms with Crippen LogP contribution in [0.1, 0.15) is 18.4 Å². The summed E-state index contributed by atoms with van der Waals surface area (Å²) in [6.45, 7) is 1.73. The fourth-order valence-corrected chi connectivity index (χ4v) is 4.50. The molecule has 9 heteroatoms. The van der Waals surface area contributed by atoms with Crippen molar-refractivity contribution >= 4 is 52.5 Å². The van der Waals surface area contributed by atoms with E-state index in [9.17, 15) is 14.9 Å². The number of ether oxygens (including phenoxy) is 1. The number of benzene rings is 2. The van der Waals surface area contributed by atoms with Gasteiger partial charge in [0.25, 0.3) is 0 Å². The van der Waals surface area contributed by atoms with Gasteiger partial charge in [0.05, 0.1) is 41.0 Å². The molecule has 3 rings (SSSR count). The number of methoxy groups -OCH3 is 1. The lowest BCUT2D eigenvalue weighted by Gasteiger charge is -2.29. The number of rotatable bonds is 6. The maximum absolute atomic E-state index is 12.5. The van der Waals surface area contributed by atoms with Crippen molar-refractivity contribution in [2.45, 2.75) is 12.8 Å². The molecule has 1 atom stereocenters.